The highest BCUT2D eigenvalue weighted by Crippen LogP contribution is 2.16. The van der Waals surface area contributed by atoms with Crippen LogP contribution >= 0.6 is 0 Å². The Morgan fingerprint density at radius 2 is 0.684 bits per heavy atom. The number of amides is 1. The zero-order valence-corrected chi connectivity index (χ0v) is 38.6. The second-order valence-corrected chi connectivity index (χ2v) is 17.6. The quantitative estimate of drug-likeness (QED) is 0.0424. The summed E-state index contributed by atoms with van der Waals surface area (Å²) in [5, 5.41) is 23.1. The molecule has 0 aromatic rings. The van der Waals surface area contributed by atoms with Crippen molar-refractivity contribution in [3.63, 3.8) is 0 Å². The highest BCUT2D eigenvalue weighted by atomic mass is 16.3. The first kappa shape index (κ1) is 55.6. The molecule has 0 aliphatic carbocycles. The summed E-state index contributed by atoms with van der Waals surface area (Å²) in [5.74, 6) is -0.0704. The van der Waals surface area contributed by atoms with Crippen LogP contribution in [0.15, 0.2) is 36.5 Å². The van der Waals surface area contributed by atoms with E-state index >= 15 is 0 Å². The zero-order valence-electron chi connectivity index (χ0n) is 38.6. The van der Waals surface area contributed by atoms with Crippen LogP contribution in [0.1, 0.15) is 277 Å². The van der Waals surface area contributed by atoms with Gasteiger partial charge in [0.05, 0.1) is 18.8 Å². The summed E-state index contributed by atoms with van der Waals surface area (Å²) < 4.78 is 0. The van der Waals surface area contributed by atoms with E-state index in [4.69, 9.17) is 0 Å². The van der Waals surface area contributed by atoms with Gasteiger partial charge in [0.25, 0.3) is 0 Å². The number of rotatable bonds is 47. The molecule has 2 unspecified atom stereocenters. The van der Waals surface area contributed by atoms with Gasteiger partial charge in [0.2, 0.25) is 5.91 Å². The average Bonchev–Trinajstić information content (AvgIpc) is 3.22. The van der Waals surface area contributed by atoms with E-state index < -0.39 is 12.1 Å². The summed E-state index contributed by atoms with van der Waals surface area (Å²) in [6.07, 6.45) is 65.7. The molecular formula is C53H101NO3. The standard InChI is InChI=1S/C53H101NO3/c1-3-5-7-9-11-13-15-17-19-21-23-24-25-26-27-28-29-30-31-33-35-37-39-41-43-45-47-49-53(57)54-51(50-55)52(56)48-46-44-42-40-38-36-34-32-22-20-18-16-14-12-10-8-6-4-2/h21,23,38,40,46,48,51-52,55-56H,3-20,22,24-37,39,41-45,47,49-50H2,1-2H3,(H,54,57)/b23-21-,40-38+,48-46+. The molecule has 0 spiro atoms. The molecule has 0 radical (unpaired) electrons. The maximum absolute atomic E-state index is 12.4. The smallest absolute Gasteiger partial charge is 0.220 e. The number of allylic oxidation sites excluding steroid dienone is 5. The van der Waals surface area contributed by atoms with Crippen LogP contribution in [0.2, 0.25) is 0 Å². The molecule has 57 heavy (non-hydrogen) atoms. The van der Waals surface area contributed by atoms with Crippen LogP contribution < -0.4 is 5.32 Å². The minimum absolute atomic E-state index is 0.0704. The molecule has 0 aromatic heterocycles. The number of nitrogens with one attached hydrogen (secondary N) is 1. The minimum atomic E-state index is -0.861. The van der Waals surface area contributed by atoms with Gasteiger partial charge < -0.3 is 15.5 Å². The minimum Gasteiger partial charge on any atom is -0.394 e. The van der Waals surface area contributed by atoms with E-state index in [0.717, 1.165) is 32.1 Å². The zero-order chi connectivity index (χ0) is 41.4. The molecular weight excluding hydrogens is 699 g/mol. The summed E-state index contributed by atoms with van der Waals surface area (Å²) >= 11 is 0. The topological polar surface area (TPSA) is 69.6 Å². The summed E-state index contributed by atoms with van der Waals surface area (Å²) in [5.41, 5.74) is 0. The number of carbonyl (C=O) groups excluding carboxylic acids is 1. The molecule has 0 saturated heterocycles. The van der Waals surface area contributed by atoms with Crippen molar-refractivity contribution in [2.24, 2.45) is 0 Å². The summed E-state index contributed by atoms with van der Waals surface area (Å²) in [4.78, 5) is 12.4. The molecule has 0 aliphatic heterocycles. The second kappa shape index (κ2) is 49.0. The van der Waals surface area contributed by atoms with E-state index in [1.807, 2.05) is 6.08 Å². The number of hydrogen-bond donors (Lipinski definition) is 3. The van der Waals surface area contributed by atoms with Gasteiger partial charge in [0, 0.05) is 6.42 Å². The first-order chi connectivity index (χ1) is 28.2. The summed E-state index contributed by atoms with van der Waals surface area (Å²) in [6, 6.07) is -0.637. The lowest BCUT2D eigenvalue weighted by Gasteiger charge is -2.19. The van der Waals surface area contributed by atoms with Gasteiger partial charge in [-0.25, -0.2) is 0 Å². The van der Waals surface area contributed by atoms with Crippen LogP contribution in [-0.2, 0) is 4.79 Å². The lowest BCUT2D eigenvalue weighted by molar-refractivity contribution is -0.123. The fraction of sp³-hybridized carbons (Fsp3) is 0.868. The fourth-order valence-electron chi connectivity index (χ4n) is 7.90. The van der Waals surface area contributed by atoms with E-state index in [0.29, 0.717) is 6.42 Å². The molecule has 0 rings (SSSR count). The van der Waals surface area contributed by atoms with Gasteiger partial charge in [-0.05, 0) is 57.8 Å². The van der Waals surface area contributed by atoms with Gasteiger partial charge in [-0.1, -0.05) is 249 Å². The fourth-order valence-corrected chi connectivity index (χ4v) is 7.90. The lowest BCUT2D eigenvalue weighted by Crippen LogP contribution is -2.45. The van der Waals surface area contributed by atoms with Gasteiger partial charge in [0.15, 0.2) is 0 Å². The lowest BCUT2D eigenvalue weighted by atomic mass is 10.0. The van der Waals surface area contributed by atoms with Crippen LogP contribution in [0.3, 0.4) is 0 Å². The van der Waals surface area contributed by atoms with E-state index in [1.54, 1.807) is 6.08 Å². The van der Waals surface area contributed by atoms with Crippen molar-refractivity contribution in [3.8, 4) is 0 Å². The molecule has 4 nitrogen and oxygen atoms in total. The Hall–Kier alpha value is -1.39. The maximum atomic E-state index is 12.4. The Morgan fingerprint density at radius 3 is 1.02 bits per heavy atom. The molecule has 1 amide bonds. The normalized spacial score (nSPS) is 13.1. The van der Waals surface area contributed by atoms with E-state index in [9.17, 15) is 15.0 Å². The Morgan fingerprint density at radius 1 is 0.404 bits per heavy atom. The molecule has 336 valence electrons. The van der Waals surface area contributed by atoms with Crippen LogP contribution in [0, 0.1) is 0 Å². The van der Waals surface area contributed by atoms with Gasteiger partial charge >= 0.3 is 0 Å². The molecule has 3 N–H and O–H groups in total. The Balaban J connectivity index is 3.51. The third kappa shape index (κ3) is 45.5. The second-order valence-electron chi connectivity index (χ2n) is 17.6. The van der Waals surface area contributed by atoms with Crippen molar-refractivity contribution in [3.05, 3.63) is 36.5 Å². The van der Waals surface area contributed by atoms with Crippen molar-refractivity contribution in [2.45, 2.75) is 289 Å². The SMILES string of the molecule is CCCCCCCCCC/C=C\CCCCCCCCCCCCCCCCCC(=O)NC(CO)C(O)/C=C/CC/C=C/CCCCCCCCCCCCCC. The summed E-state index contributed by atoms with van der Waals surface area (Å²) in [7, 11) is 0. The van der Waals surface area contributed by atoms with Crippen LogP contribution in [0.25, 0.3) is 0 Å². The van der Waals surface area contributed by atoms with Crippen molar-refractivity contribution < 1.29 is 15.0 Å². The Kier molecular flexibility index (Phi) is 47.8. The third-order valence-electron chi connectivity index (χ3n) is 11.8. The van der Waals surface area contributed by atoms with Crippen molar-refractivity contribution in [1.82, 2.24) is 5.32 Å². The van der Waals surface area contributed by atoms with E-state index in [1.165, 1.54) is 225 Å². The molecule has 4 heteroatoms. The molecule has 0 bridgehead atoms. The first-order valence-electron chi connectivity index (χ1n) is 25.7. The van der Waals surface area contributed by atoms with Crippen molar-refractivity contribution in [2.75, 3.05) is 6.61 Å². The summed E-state index contributed by atoms with van der Waals surface area (Å²) in [6.45, 7) is 4.32. The van der Waals surface area contributed by atoms with E-state index in [-0.39, 0.29) is 12.5 Å². The number of unbranched alkanes of at least 4 members (excludes halogenated alkanes) is 36. The first-order valence-corrected chi connectivity index (χ1v) is 25.7. The predicted octanol–water partition coefficient (Wildman–Crippen LogP) is 16.5. The number of hydrogen-bond acceptors (Lipinski definition) is 3. The highest BCUT2D eigenvalue weighted by molar-refractivity contribution is 5.76. The van der Waals surface area contributed by atoms with E-state index in [2.05, 4.69) is 43.5 Å². The number of aliphatic hydroxyl groups is 2. The monoisotopic (exact) mass is 800 g/mol. The van der Waals surface area contributed by atoms with Gasteiger partial charge in [-0.2, -0.15) is 0 Å². The average molecular weight is 800 g/mol. The van der Waals surface area contributed by atoms with Crippen LogP contribution in [0.5, 0.6) is 0 Å². The van der Waals surface area contributed by atoms with Gasteiger partial charge in [0.1, 0.15) is 0 Å². The van der Waals surface area contributed by atoms with Crippen LogP contribution in [-0.4, -0.2) is 34.9 Å². The molecule has 0 heterocycles. The van der Waals surface area contributed by atoms with Gasteiger partial charge in [-0.3, -0.25) is 4.79 Å². The maximum Gasteiger partial charge on any atom is 0.220 e. The molecule has 0 aliphatic rings. The number of carbonyl (C=O) groups is 1. The largest absolute Gasteiger partial charge is 0.394 e. The van der Waals surface area contributed by atoms with Gasteiger partial charge in [-0.15, -0.1) is 0 Å². The molecule has 0 saturated carbocycles. The third-order valence-corrected chi connectivity index (χ3v) is 11.8. The molecule has 2 atom stereocenters. The van der Waals surface area contributed by atoms with Crippen LogP contribution in [0.4, 0.5) is 0 Å². The predicted molar refractivity (Wildman–Crippen MR) is 253 cm³/mol. The molecule has 0 aromatic carbocycles. The van der Waals surface area contributed by atoms with Crippen molar-refractivity contribution in [1.29, 1.82) is 0 Å². The van der Waals surface area contributed by atoms with Crippen molar-refractivity contribution >= 4 is 5.91 Å². The molecule has 0 fully saturated rings. The Labute approximate surface area is 357 Å². The Bertz CT molecular complexity index is 866. The highest BCUT2D eigenvalue weighted by Gasteiger charge is 2.17. The number of aliphatic hydroxyl groups excluding tert-OH is 2.